The minimum Gasteiger partial charge on any atom is -0.491 e. The van der Waals surface area contributed by atoms with Crippen molar-refractivity contribution in [1.29, 1.82) is 0 Å². The van der Waals surface area contributed by atoms with Crippen LogP contribution < -0.4 is 10.1 Å². The third kappa shape index (κ3) is 4.64. The van der Waals surface area contributed by atoms with Gasteiger partial charge in [0.15, 0.2) is 0 Å². The number of amides is 1. The molecule has 3 rings (SSSR count). The second-order valence-corrected chi connectivity index (χ2v) is 7.16. The lowest BCUT2D eigenvalue weighted by molar-refractivity contribution is 0.0777. The van der Waals surface area contributed by atoms with Crippen LogP contribution in [0.15, 0.2) is 36.5 Å². The van der Waals surface area contributed by atoms with E-state index in [2.05, 4.69) is 10.4 Å². The maximum absolute atomic E-state index is 12.7. The van der Waals surface area contributed by atoms with E-state index in [0.717, 1.165) is 37.2 Å². The Hall–Kier alpha value is -2.34. The molecule has 1 N–H and O–H groups in total. The van der Waals surface area contributed by atoms with Gasteiger partial charge in [0.1, 0.15) is 11.4 Å². The largest absolute Gasteiger partial charge is 0.491 e. The first-order valence-corrected chi connectivity index (χ1v) is 9.30. The summed E-state index contributed by atoms with van der Waals surface area (Å²) in [5.41, 5.74) is 1.53. The molecule has 1 fully saturated rings. The Morgan fingerprint density at radius 2 is 2.27 bits per heavy atom. The van der Waals surface area contributed by atoms with Crippen LogP contribution in [-0.4, -0.2) is 46.8 Å². The monoisotopic (exact) mass is 356 g/mol. The minimum atomic E-state index is -0.0669. The third-order valence-corrected chi connectivity index (χ3v) is 4.51. The highest BCUT2D eigenvalue weighted by Gasteiger charge is 2.19. The number of hydrogen-bond donors (Lipinski definition) is 1. The van der Waals surface area contributed by atoms with E-state index >= 15 is 0 Å². The highest BCUT2D eigenvalue weighted by atomic mass is 16.5. The van der Waals surface area contributed by atoms with Crippen molar-refractivity contribution in [2.24, 2.45) is 0 Å². The quantitative estimate of drug-likeness (QED) is 0.865. The van der Waals surface area contributed by atoms with Crippen LogP contribution >= 0.6 is 0 Å². The molecule has 6 heteroatoms. The van der Waals surface area contributed by atoms with E-state index in [-0.39, 0.29) is 12.0 Å². The number of carbonyl (C=O) groups excluding carboxylic acids is 1. The zero-order chi connectivity index (χ0) is 18.5. The predicted molar refractivity (Wildman–Crippen MR) is 101 cm³/mol. The number of benzene rings is 1. The lowest BCUT2D eigenvalue weighted by Gasteiger charge is -2.23. The Kier molecular flexibility index (Phi) is 5.93. The maximum atomic E-state index is 12.7. The van der Waals surface area contributed by atoms with E-state index in [9.17, 15) is 4.79 Å². The zero-order valence-electron chi connectivity index (χ0n) is 15.8. The number of hydrogen-bond acceptors (Lipinski definition) is 4. The van der Waals surface area contributed by atoms with Crippen LogP contribution in [0.5, 0.6) is 5.75 Å². The Labute approximate surface area is 155 Å². The fourth-order valence-corrected chi connectivity index (χ4v) is 3.25. The average molecular weight is 356 g/mol. The molecule has 1 saturated heterocycles. The lowest BCUT2D eigenvalue weighted by atomic mass is 10.1. The summed E-state index contributed by atoms with van der Waals surface area (Å²) < 4.78 is 7.65. The molecule has 1 atom stereocenters. The van der Waals surface area contributed by atoms with Gasteiger partial charge in [-0.2, -0.15) is 5.10 Å². The lowest BCUT2D eigenvalue weighted by Crippen LogP contribution is -2.32. The summed E-state index contributed by atoms with van der Waals surface area (Å²) >= 11 is 0. The molecule has 1 amide bonds. The van der Waals surface area contributed by atoms with Crippen molar-refractivity contribution in [3.8, 4) is 5.75 Å². The molecule has 1 aromatic carbocycles. The summed E-state index contributed by atoms with van der Waals surface area (Å²) in [7, 11) is 1.81. The first-order chi connectivity index (χ1) is 12.5. The van der Waals surface area contributed by atoms with Gasteiger partial charge in [-0.15, -0.1) is 0 Å². The molecule has 1 aliphatic heterocycles. The van der Waals surface area contributed by atoms with Crippen LogP contribution in [0, 0.1) is 0 Å². The van der Waals surface area contributed by atoms with Crippen molar-refractivity contribution in [3.05, 3.63) is 47.8 Å². The molecule has 2 heterocycles. The standard InChI is InChI=1S/C20H28N4O2/c1-15(2)26-18-8-4-6-16(12-18)14-23(3)20(25)19-9-11-24(22-19)17-7-5-10-21-13-17/h4,6,8-9,11-12,15,17,21H,5,7,10,13-14H2,1-3H3. The van der Waals surface area contributed by atoms with Crippen molar-refractivity contribution < 1.29 is 9.53 Å². The van der Waals surface area contributed by atoms with Gasteiger partial charge in [0, 0.05) is 26.3 Å². The third-order valence-electron chi connectivity index (χ3n) is 4.51. The maximum Gasteiger partial charge on any atom is 0.274 e. The first-order valence-electron chi connectivity index (χ1n) is 9.30. The van der Waals surface area contributed by atoms with Crippen LogP contribution in [0.2, 0.25) is 0 Å². The van der Waals surface area contributed by atoms with Gasteiger partial charge in [-0.3, -0.25) is 9.48 Å². The van der Waals surface area contributed by atoms with Crippen molar-refractivity contribution in [1.82, 2.24) is 20.0 Å². The van der Waals surface area contributed by atoms with E-state index < -0.39 is 0 Å². The van der Waals surface area contributed by atoms with Crippen LogP contribution in [0.25, 0.3) is 0 Å². The van der Waals surface area contributed by atoms with Gasteiger partial charge in [0.05, 0.1) is 12.1 Å². The predicted octanol–water partition coefficient (Wildman–Crippen LogP) is 2.87. The minimum absolute atomic E-state index is 0.0669. The topological polar surface area (TPSA) is 59.4 Å². The molecule has 26 heavy (non-hydrogen) atoms. The Morgan fingerprint density at radius 1 is 1.42 bits per heavy atom. The number of nitrogens with one attached hydrogen (secondary N) is 1. The summed E-state index contributed by atoms with van der Waals surface area (Å²) in [6, 6.07) is 10.0. The Morgan fingerprint density at radius 3 is 3.00 bits per heavy atom. The molecule has 140 valence electrons. The molecule has 0 radical (unpaired) electrons. The van der Waals surface area contributed by atoms with Crippen molar-refractivity contribution >= 4 is 5.91 Å². The van der Waals surface area contributed by atoms with Crippen LogP contribution in [0.4, 0.5) is 0 Å². The van der Waals surface area contributed by atoms with E-state index in [1.54, 1.807) is 11.9 Å². The smallest absolute Gasteiger partial charge is 0.274 e. The first kappa shape index (κ1) is 18.5. The van der Waals surface area contributed by atoms with Crippen molar-refractivity contribution in [2.45, 2.75) is 45.4 Å². The highest BCUT2D eigenvalue weighted by Crippen LogP contribution is 2.18. The van der Waals surface area contributed by atoms with Gasteiger partial charge >= 0.3 is 0 Å². The molecule has 6 nitrogen and oxygen atoms in total. The molecule has 0 aliphatic carbocycles. The number of carbonyl (C=O) groups is 1. The molecular formula is C20H28N4O2. The van der Waals surface area contributed by atoms with Crippen LogP contribution in [0.1, 0.15) is 48.8 Å². The van der Waals surface area contributed by atoms with Gasteiger partial charge in [-0.25, -0.2) is 0 Å². The summed E-state index contributed by atoms with van der Waals surface area (Å²) in [5.74, 6) is 0.759. The molecule has 0 spiro atoms. The molecule has 1 unspecified atom stereocenters. The number of ether oxygens (including phenoxy) is 1. The molecule has 1 aromatic heterocycles. The molecular weight excluding hydrogens is 328 g/mol. The fourth-order valence-electron chi connectivity index (χ4n) is 3.25. The average Bonchev–Trinajstić information content (AvgIpc) is 3.11. The molecule has 2 aromatic rings. The fraction of sp³-hybridized carbons (Fsp3) is 0.500. The second kappa shape index (κ2) is 8.36. The summed E-state index contributed by atoms with van der Waals surface area (Å²) in [6.45, 7) is 6.49. The van der Waals surface area contributed by atoms with Gasteiger partial charge in [-0.1, -0.05) is 12.1 Å². The molecule has 0 saturated carbocycles. The Bertz CT molecular complexity index is 735. The molecule has 0 bridgehead atoms. The summed E-state index contributed by atoms with van der Waals surface area (Å²) in [4.78, 5) is 14.4. The number of aromatic nitrogens is 2. The second-order valence-electron chi connectivity index (χ2n) is 7.16. The highest BCUT2D eigenvalue weighted by molar-refractivity contribution is 5.92. The summed E-state index contributed by atoms with van der Waals surface area (Å²) in [5, 5.41) is 7.89. The normalized spacial score (nSPS) is 17.3. The van der Waals surface area contributed by atoms with Crippen LogP contribution in [0.3, 0.4) is 0 Å². The van der Waals surface area contributed by atoms with E-state index in [1.165, 1.54) is 0 Å². The SMILES string of the molecule is CC(C)Oc1cccc(CN(C)C(=O)c2ccn(C3CCCNC3)n2)c1. The summed E-state index contributed by atoms with van der Waals surface area (Å²) in [6.07, 6.45) is 4.28. The van der Waals surface area contributed by atoms with Crippen LogP contribution in [-0.2, 0) is 6.54 Å². The van der Waals surface area contributed by atoms with Gasteiger partial charge in [-0.05, 0) is 57.0 Å². The zero-order valence-corrected chi connectivity index (χ0v) is 15.8. The number of nitrogens with zero attached hydrogens (tertiary/aromatic N) is 3. The van der Waals surface area contributed by atoms with E-state index in [0.29, 0.717) is 18.3 Å². The van der Waals surface area contributed by atoms with Gasteiger partial charge in [0.25, 0.3) is 5.91 Å². The molecule has 1 aliphatic rings. The number of rotatable bonds is 6. The Balaban J connectivity index is 1.63. The van der Waals surface area contributed by atoms with Crippen molar-refractivity contribution in [3.63, 3.8) is 0 Å². The van der Waals surface area contributed by atoms with Crippen molar-refractivity contribution in [2.75, 3.05) is 20.1 Å². The number of piperidine rings is 1. The van der Waals surface area contributed by atoms with Gasteiger partial charge < -0.3 is 15.0 Å². The van der Waals surface area contributed by atoms with E-state index in [4.69, 9.17) is 4.74 Å². The van der Waals surface area contributed by atoms with Gasteiger partial charge in [0.2, 0.25) is 0 Å². The van der Waals surface area contributed by atoms with E-state index in [1.807, 2.05) is 55.1 Å².